The number of nitrogens with zero attached hydrogens (tertiary/aromatic N) is 3. The minimum absolute atomic E-state index is 0.0304. The molecule has 0 saturated heterocycles. The Kier molecular flexibility index (Phi) is 2.32. The minimum atomic E-state index is 0.0304. The molecular weight excluding hydrogens is 198 g/mol. The van der Waals surface area contributed by atoms with Crippen molar-refractivity contribution in [2.24, 2.45) is 0 Å². The van der Waals surface area contributed by atoms with Crippen LogP contribution in [0, 0.1) is 0 Å². The molecule has 2 rings (SSSR count). The van der Waals surface area contributed by atoms with E-state index in [-0.39, 0.29) is 5.78 Å². The molecule has 4 nitrogen and oxygen atoms in total. The highest BCUT2D eigenvalue weighted by Crippen LogP contribution is 2.22. The molecule has 14 heavy (non-hydrogen) atoms. The van der Waals surface area contributed by atoms with Crippen molar-refractivity contribution in [2.45, 2.75) is 6.92 Å². The Hall–Kier alpha value is -1.62. The maximum absolute atomic E-state index is 11.0. The first-order valence-corrected chi connectivity index (χ1v) is 4.82. The first-order valence-electron chi connectivity index (χ1n) is 4.00. The van der Waals surface area contributed by atoms with Gasteiger partial charge in [-0.1, -0.05) is 0 Å². The number of hydrogen-bond donors (Lipinski definition) is 0. The maximum atomic E-state index is 11.0. The van der Waals surface area contributed by atoms with Crippen molar-refractivity contribution in [3.63, 3.8) is 0 Å². The van der Waals surface area contributed by atoms with Crippen LogP contribution in [0.15, 0.2) is 24.8 Å². The van der Waals surface area contributed by atoms with Crippen molar-refractivity contribution < 1.29 is 4.79 Å². The Bertz CT molecular complexity index is 452. The lowest BCUT2D eigenvalue weighted by atomic mass is 10.4. The van der Waals surface area contributed by atoms with E-state index < -0.39 is 0 Å². The highest BCUT2D eigenvalue weighted by Gasteiger charge is 2.07. The molecule has 0 amide bonds. The van der Waals surface area contributed by atoms with E-state index in [0.717, 1.165) is 10.7 Å². The topological polar surface area (TPSA) is 55.7 Å². The van der Waals surface area contributed by atoms with E-state index in [2.05, 4.69) is 15.0 Å². The van der Waals surface area contributed by atoms with Crippen molar-refractivity contribution in [1.29, 1.82) is 0 Å². The number of thiazole rings is 1. The van der Waals surface area contributed by atoms with Gasteiger partial charge in [-0.2, -0.15) is 0 Å². The molecule has 0 aromatic carbocycles. The predicted molar refractivity (Wildman–Crippen MR) is 53.1 cm³/mol. The number of carbonyl (C=O) groups is 1. The monoisotopic (exact) mass is 205 g/mol. The molecule has 0 unspecified atom stereocenters. The third-order valence-corrected chi connectivity index (χ3v) is 2.77. The first kappa shape index (κ1) is 8.96. The van der Waals surface area contributed by atoms with Gasteiger partial charge in [0.25, 0.3) is 0 Å². The second-order valence-corrected chi connectivity index (χ2v) is 3.71. The zero-order valence-electron chi connectivity index (χ0n) is 7.47. The van der Waals surface area contributed by atoms with Crippen LogP contribution in [0.2, 0.25) is 0 Å². The van der Waals surface area contributed by atoms with E-state index in [4.69, 9.17) is 0 Å². The molecule has 2 aromatic heterocycles. The van der Waals surface area contributed by atoms with Crippen molar-refractivity contribution in [1.82, 2.24) is 15.0 Å². The van der Waals surface area contributed by atoms with E-state index in [1.165, 1.54) is 24.6 Å². The summed E-state index contributed by atoms with van der Waals surface area (Å²) in [6.45, 7) is 1.53. The highest BCUT2D eigenvalue weighted by molar-refractivity contribution is 7.16. The summed E-state index contributed by atoms with van der Waals surface area (Å²) in [5.74, 6) is 0.0304. The third-order valence-electron chi connectivity index (χ3n) is 1.65. The molecule has 0 fully saturated rings. The average Bonchev–Trinajstić information content (AvgIpc) is 2.68. The summed E-state index contributed by atoms with van der Waals surface area (Å²) in [7, 11) is 0. The van der Waals surface area contributed by atoms with Crippen LogP contribution in [0.25, 0.3) is 10.7 Å². The molecule has 0 aliphatic heterocycles. The lowest BCUT2D eigenvalue weighted by Gasteiger charge is -1.90. The van der Waals surface area contributed by atoms with Crippen molar-refractivity contribution in [2.75, 3.05) is 0 Å². The maximum Gasteiger partial charge on any atom is 0.171 e. The van der Waals surface area contributed by atoms with Crippen molar-refractivity contribution in [3.05, 3.63) is 29.7 Å². The van der Waals surface area contributed by atoms with Crippen molar-refractivity contribution >= 4 is 17.1 Å². The van der Waals surface area contributed by atoms with Crippen LogP contribution in [-0.2, 0) is 0 Å². The molecule has 0 radical (unpaired) electrons. The molecule has 0 aliphatic carbocycles. The molecule has 70 valence electrons. The molecule has 0 spiro atoms. The smallest absolute Gasteiger partial charge is 0.171 e. The van der Waals surface area contributed by atoms with Crippen LogP contribution in [0.5, 0.6) is 0 Å². The molecule has 2 heterocycles. The fraction of sp³-hybridized carbons (Fsp3) is 0.111. The van der Waals surface area contributed by atoms with Gasteiger partial charge in [0.05, 0.1) is 4.88 Å². The Balaban J connectivity index is 2.39. The lowest BCUT2D eigenvalue weighted by molar-refractivity contribution is 0.102. The van der Waals surface area contributed by atoms with Gasteiger partial charge in [0.15, 0.2) is 5.78 Å². The molecule has 0 atom stereocenters. The van der Waals surface area contributed by atoms with Gasteiger partial charge in [-0.05, 0) is 6.07 Å². The summed E-state index contributed by atoms with van der Waals surface area (Å²) < 4.78 is 0. The van der Waals surface area contributed by atoms with Crippen LogP contribution in [0.1, 0.15) is 16.6 Å². The van der Waals surface area contributed by atoms with Crippen molar-refractivity contribution in [3.8, 4) is 10.7 Å². The van der Waals surface area contributed by atoms with Crippen LogP contribution < -0.4 is 0 Å². The second-order valence-electron chi connectivity index (χ2n) is 2.68. The van der Waals surface area contributed by atoms with Gasteiger partial charge in [0.2, 0.25) is 0 Å². The van der Waals surface area contributed by atoms with Crippen LogP contribution in [0.3, 0.4) is 0 Å². The molecule has 2 aromatic rings. The zero-order chi connectivity index (χ0) is 9.97. The summed E-state index contributed by atoms with van der Waals surface area (Å²) in [6.07, 6.45) is 4.69. The number of hydrogen-bond acceptors (Lipinski definition) is 5. The fourth-order valence-corrected chi connectivity index (χ4v) is 1.76. The molecule has 0 saturated carbocycles. The van der Waals surface area contributed by atoms with Crippen LogP contribution in [-0.4, -0.2) is 20.7 Å². The highest BCUT2D eigenvalue weighted by atomic mass is 32.1. The summed E-state index contributed by atoms with van der Waals surface area (Å²) in [5, 5.41) is 0.748. The number of aromatic nitrogens is 3. The standard InChI is InChI=1S/C9H7N3OS/c1-6(13)8-4-11-9(14-8)7-2-3-10-5-12-7/h2-5H,1H3. The van der Waals surface area contributed by atoms with Gasteiger partial charge in [-0.3, -0.25) is 4.79 Å². The molecule has 5 heteroatoms. The zero-order valence-corrected chi connectivity index (χ0v) is 8.28. The first-order chi connectivity index (χ1) is 6.77. The Morgan fingerprint density at radius 3 is 2.86 bits per heavy atom. The van der Waals surface area contributed by atoms with Gasteiger partial charge < -0.3 is 0 Å². The average molecular weight is 205 g/mol. The van der Waals surface area contributed by atoms with Crippen LogP contribution in [0.4, 0.5) is 0 Å². The molecule has 0 N–H and O–H groups in total. The largest absolute Gasteiger partial charge is 0.294 e. The fourth-order valence-electron chi connectivity index (χ4n) is 0.972. The summed E-state index contributed by atoms with van der Waals surface area (Å²) in [6, 6.07) is 1.77. The molecular formula is C9H7N3OS. The number of rotatable bonds is 2. The number of Topliss-reactive ketones (excluding diaryl/α,β-unsaturated/α-hetero) is 1. The van der Waals surface area contributed by atoms with E-state index >= 15 is 0 Å². The normalized spacial score (nSPS) is 10.1. The van der Waals surface area contributed by atoms with E-state index in [1.807, 2.05) is 0 Å². The summed E-state index contributed by atoms with van der Waals surface area (Å²) in [4.78, 5) is 23.7. The lowest BCUT2D eigenvalue weighted by Crippen LogP contribution is -1.83. The number of ketones is 1. The van der Waals surface area contributed by atoms with Crippen LogP contribution >= 0.6 is 11.3 Å². The summed E-state index contributed by atoms with van der Waals surface area (Å²) >= 11 is 1.34. The van der Waals surface area contributed by atoms with Gasteiger partial charge in [-0.15, -0.1) is 11.3 Å². The quantitative estimate of drug-likeness (QED) is 0.701. The Labute approximate surface area is 84.7 Å². The Morgan fingerprint density at radius 2 is 2.29 bits per heavy atom. The van der Waals surface area contributed by atoms with Gasteiger partial charge >= 0.3 is 0 Å². The van der Waals surface area contributed by atoms with E-state index in [1.54, 1.807) is 18.5 Å². The van der Waals surface area contributed by atoms with E-state index in [9.17, 15) is 4.79 Å². The molecule has 0 aliphatic rings. The van der Waals surface area contributed by atoms with Gasteiger partial charge in [0, 0.05) is 19.3 Å². The van der Waals surface area contributed by atoms with Gasteiger partial charge in [0.1, 0.15) is 17.0 Å². The third kappa shape index (κ3) is 1.67. The second kappa shape index (κ2) is 3.63. The number of carbonyl (C=O) groups excluding carboxylic acids is 1. The Morgan fingerprint density at radius 1 is 1.43 bits per heavy atom. The SMILES string of the molecule is CC(=O)c1cnc(-c2ccncn2)s1. The minimum Gasteiger partial charge on any atom is -0.294 e. The summed E-state index contributed by atoms with van der Waals surface area (Å²) in [5.41, 5.74) is 0.748. The van der Waals surface area contributed by atoms with E-state index in [0.29, 0.717) is 4.88 Å². The predicted octanol–water partition coefficient (Wildman–Crippen LogP) is 1.80. The van der Waals surface area contributed by atoms with Gasteiger partial charge in [-0.25, -0.2) is 15.0 Å². The molecule has 0 bridgehead atoms.